The van der Waals surface area contributed by atoms with Gasteiger partial charge >= 0.3 is 11.4 Å². The van der Waals surface area contributed by atoms with Crippen molar-refractivity contribution in [3.63, 3.8) is 0 Å². The molecule has 0 radical (unpaired) electrons. The molecule has 0 bridgehead atoms. The largest absolute Gasteiger partial charge is 0.490 e. The third-order valence-corrected chi connectivity index (χ3v) is 7.13. The van der Waals surface area contributed by atoms with Crippen molar-refractivity contribution in [1.29, 1.82) is 0 Å². The Balaban J connectivity index is 1.49. The van der Waals surface area contributed by atoms with Crippen molar-refractivity contribution < 1.29 is 22.5 Å². The number of benzene rings is 2. The van der Waals surface area contributed by atoms with Crippen LogP contribution in [0.1, 0.15) is 0 Å². The number of sulfonamides is 1. The lowest BCUT2D eigenvalue weighted by Crippen LogP contribution is -2.49. The third kappa shape index (κ3) is 3.92. The molecule has 31 heavy (non-hydrogen) atoms. The summed E-state index contributed by atoms with van der Waals surface area (Å²) in [5.41, 5.74) is 0.760. The molecule has 0 atom stereocenters. The van der Waals surface area contributed by atoms with Crippen LogP contribution < -0.4 is 10.5 Å². The standard InChI is InChI=1S/C19H20N4O7S/c1-29-17-7-6-14(12-16(17)23(25)26)31(27,28)21-10-8-20(9-11-21)13-22-15-4-2-3-5-18(15)30-19(22)24/h2-7,12H,8-11,13H2,1H3. The van der Waals surface area contributed by atoms with Crippen LogP contribution in [0, 0.1) is 10.1 Å². The number of ether oxygens (including phenoxy) is 1. The summed E-state index contributed by atoms with van der Waals surface area (Å²) in [5.74, 6) is -0.478. The zero-order valence-corrected chi connectivity index (χ0v) is 17.4. The summed E-state index contributed by atoms with van der Waals surface area (Å²) in [6, 6.07) is 10.7. The van der Waals surface area contributed by atoms with E-state index in [9.17, 15) is 23.3 Å². The first-order valence-corrected chi connectivity index (χ1v) is 10.9. The number of aromatic nitrogens is 1. The second kappa shape index (κ2) is 8.13. The molecule has 0 saturated carbocycles. The van der Waals surface area contributed by atoms with Crippen LogP contribution in [0.3, 0.4) is 0 Å². The summed E-state index contributed by atoms with van der Waals surface area (Å²) in [6.07, 6.45) is 0. The molecule has 11 nitrogen and oxygen atoms in total. The van der Waals surface area contributed by atoms with E-state index in [-0.39, 0.29) is 30.4 Å². The number of rotatable bonds is 6. The highest BCUT2D eigenvalue weighted by atomic mass is 32.2. The van der Waals surface area contributed by atoms with E-state index >= 15 is 0 Å². The lowest BCUT2D eigenvalue weighted by atomic mass is 10.3. The van der Waals surface area contributed by atoms with E-state index < -0.39 is 26.4 Å². The van der Waals surface area contributed by atoms with Crippen molar-refractivity contribution in [3.8, 4) is 5.75 Å². The lowest BCUT2D eigenvalue weighted by Gasteiger charge is -2.33. The smallest absolute Gasteiger partial charge is 0.421 e. The maximum absolute atomic E-state index is 13.0. The van der Waals surface area contributed by atoms with Crippen molar-refractivity contribution in [2.75, 3.05) is 33.3 Å². The molecule has 1 saturated heterocycles. The van der Waals surface area contributed by atoms with Crippen molar-refractivity contribution in [1.82, 2.24) is 13.8 Å². The molecule has 4 rings (SSSR count). The van der Waals surface area contributed by atoms with Crippen molar-refractivity contribution in [3.05, 3.63) is 63.1 Å². The first kappa shape index (κ1) is 21.0. The van der Waals surface area contributed by atoms with Crippen LogP contribution in [-0.4, -0.2) is 60.4 Å². The quantitative estimate of drug-likeness (QED) is 0.410. The summed E-state index contributed by atoms with van der Waals surface area (Å²) in [6.45, 7) is 1.43. The second-order valence-corrected chi connectivity index (χ2v) is 8.96. The summed E-state index contributed by atoms with van der Waals surface area (Å²) < 4.78 is 38.9. The summed E-state index contributed by atoms with van der Waals surface area (Å²) in [5, 5.41) is 11.2. The average molecular weight is 448 g/mol. The maximum Gasteiger partial charge on any atom is 0.421 e. The first-order valence-electron chi connectivity index (χ1n) is 9.44. The molecule has 2 heterocycles. The summed E-state index contributed by atoms with van der Waals surface area (Å²) in [7, 11) is -2.63. The van der Waals surface area contributed by atoms with Crippen LogP contribution in [-0.2, 0) is 16.7 Å². The molecule has 1 fully saturated rings. The molecule has 0 amide bonds. The minimum atomic E-state index is -3.91. The SMILES string of the molecule is COc1ccc(S(=O)(=O)N2CCN(Cn3c(=O)oc4ccccc43)CC2)cc1[N+](=O)[O-]. The molecular weight excluding hydrogens is 428 g/mol. The number of piperazine rings is 1. The molecule has 2 aromatic carbocycles. The van der Waals surface area contributed by atoms with Gasteiger partial charge in [0.2, 0.25) is 10.0 Å². The Labute approximate surface area is 177 Å². The van der Waals surface area contributed by atoms with Crippen LogP contribution >= 0.6 is 0 Å². The molecule has 3 aromatic rings. The highest BCUT2D eigenvalue weighted by Gasteiger charge is 2.31. The molecule has 1 aromatic heterocycles. The van der Waals surface area contributed by atoms with E-state index in [0.717, 1.165) is 6.07 Å². The van der Waals surface area contributed by atoms with Gasteiger partial charge in [-0.15, -0.1) is 0 Å². The van der Waals surface area contributed by atoms with E-state index in [1.165, 1.54) is 28.1 Å². The Morgan fingerprint density at radius 2 is 1.84 bits per heavy atom. The van der Waals surface area contributed by atoms with E-state index in [1.54, 1.807) is 18.2 Å². The van der Waals surface area contributed by atoms with Gasteiger partial charge in [0, 0.05) is 32.2 Å². The molecule has 1 aliphatic rings. The lowest BCUT2D eigenvalue weighted by molar-refractivity contribution is -0.386. The van der Waals surface area contributed by atoms with Crippen LogP contribution in [0.15, 0.2) is 56.6 Å². The predicted molar refractivity (Wildman–Crippen MR) is 110 cm³/mol. The number of oxazole rings is 1. The zero-order valence-electron chi connectivity index (χ0n) is 16.6. The first-order chi connectivity index (χ1) is 14.8. The molecule has 12 heteroatoms. The molecule has 1 aliphatic heterocycles. The molecule has 0 unspecified atom stereocenters. The number of methoxy groups -OCH3 is 1. The van der Waals surface area contributed by atoms with E-state index in [4.69, 9.17) is 9.15 Å². The van der Waals surface area contributed by atoms with Gasteiger partial charge in [-0.1, -0.05) is 12.1 Å². The van der Waals surface area contributed by atoms with Gasteiger partial charge in [0.05, 0.1) is 29.1 Å². The Kier molecular flexibility index (Phi) is 5.52. The topological polar surface area (TPSA) is 128 Å². The van der Waals surface area contributed by atoms with Gasteiger partial charge in [-0.05, 0) is 24.3 Å². The van der Waals surface area contributed by atoms with Gasteiger partial charge in [0.15, 0.2) is 11.3 Å². The van der Waals surface area contributed by atoms with Crippen molar-refractivity contribution in [2.24, 2.45) is 0 Å². The Morgan fingerprint density at radius 1 is 1.13 bits per heavy atom. The number of fused-ring (bicyclic) bond motifs is 1. The second-order valence-electron chi connectivity index (χ2n) is 7.02. The van der Waals surface area contributed by atoms with E-state index in [1.807, 2.05) is 11.0 Å². The number of nitro groups is 1. The van der Waals surface area contributed by atoms with E-state index in [0.29, 0.717) is 24.2 Å². The third-order valence-electron chi connectivity index (χ3n) is 5.23. The number of hydrogen-bond acceptors (Lipinski definition) is 8. The highest BCUT2D eigenvalue weighted by Crippen LogP contribution is 2.30. The van der Waals surface area contributed by atoms with Gasteiger partial charge in [-0.3, -0.25) is 19.6 Å². The molecule has 164 valence electrons. The average Bonchev–Trinajstić information content (AvgIpc) is 3.08. The fraction of sp³-hybridized carbons (Fsp3) is 0.316. The number of nitrogens with zero attached hydrogens (tertiary/aromatic N) is 4. The van der Waals surface area contributed by atoms with Gasteiger partial charge in [0.25, 0.3) is 0 Å². The Hall–Kier alpha value is -3.22. The summed E-state index contributed by atoms with van der Waals surface area (Å²) in [4.78, 5) is 24.5. The van der Waals surface area contributed by atoms with Crippen LogP contribution in [0.4, 0.5) is 5.69 Å². The minimum Gasteiger partial charge on any atom is -0.490 e. The number of nitro benzene ring substituents is 1. The van der Waals surface area contributed by atoms with Crippen LogP contribution in [0.25, 0.3) is 11.1 Å². The number of para-hydroxylation sites is 2. The summed E-state index contributed by atoms with van der Waals surface area (Å²) >= 11 is 0. The fourth-order valence-electron chi connectivity index (χ4n) is 3.58. The van der Waals surface area contributed by atoms with Crippen LogP contribution in [0.5, 0.6) is 5.75 Å². The van der Waals surface area contributed by atoms with Crippen molar-refractivity contribution >= 4 is 26.8 Å². The van der Waals surface area contributed by atoms with Gasteiger partial charge in [-0.2, -0.15) is 4.31 Å². The normalized spacial score (nSPS) is 15.9. The molecule has 0 aliphatic carbocycles. The maximum atomic E-state index is 13.0. The molecule has 0 N–H and O–H groups in total. The van der Waals surface area contributed by atoms with Gasteiger partial charge < -0.3 is 9.15 Å². The monoisotopic (exact) mass is 448 g/mol. The number of hydrogen-bond donors (Lipinski definition) is 0. The Bertz CT molecular complexity index is 1290. The Morgan fingerprint density at radius 3 is 2.52 bits per heavy atom. The highest BCUT2D eigenvalue weighted by molar-refractivity contribution is 7.89. The van der Waals surface area contributed by atoms with Crippen LogP contribution in [0.2, 0.25) is 0 Å². The fourth-order valence-corrected chi connectivity index (χ4v) is 5.02. The zero-order chi connectivity index (χ0) is 22.2. The van der Waals surface area contributed by atoms with E-state index in [2.05, 4.69) is 0 Å². The van der Waals surface area contributed by atoms with Gasteiger partial charge in [0.1, 0.15) is 0 Å². The van der Waals surface area contributed by atoms with Crippen molar-refractivity contribution in [2.45, 2.75) is 11.6 Å². The predicted octanol–water partition coefficient (Wildman–Crippen LogP) is 1.48. The molecular formula is C19H20N4O7S. The van der Waals surface area contributed by atoms with Gasteiger partial charge in [-0.25, -0.2) is 13.2 Å². The minimum absolute atomic E-state index is 0.00782. The molecule has 0 spiro atoms.